The predicted octanol–water partition coefficient (Wildman–Crippen LogP) is 3.03. The lowest BCUT2D eigenvalue weighted by Crippen LogP contribution is -2.13. The van der Waals surface area contributed by atoms with E-state index in [1.807, 2.05) is 12.1 Å². The van der Waals surface area contributed by atoms with E-state index in [9.17, 15) is 4.79 Å². The number of ether oxygens (including phenoxy) is 1. The number of aromatic nitrogens is 5. The highest BCUT2D eigenvalue weighted by Crippen LogP contribution is 2.19. The van der Waals surface area contributed by atoms with E-state index < -0.39 is 0 Å². The Balaban J connectivity index is 1.23. The smallest absolute Gasteiger partial charge is 0.254 e. The molecule has 0 unspecified atom stereocenters. The first-order chi connectivity index (χ1) is 14.2. The van der Waals surface area contributed by atoms with Gasteiger partial charge in [0, 0.05) is 42.4 Å². The summed E-state index contributed by atoms with van der Waals surface area (Å²) in [7, 11) is 1.51. The van der Waals surface area contributed by atoms with Gasteiger partial charge in [-0.1, -0.05) is 18.2 Å². The molecule has 3 aromatic heterocycles. The Bertz CT molecular complexity index is 1100. The first-order valence-electron chi connectivity index (χ1n) is 9.47. The molecule has 29 heavy (non-hydrogen) atoms. The number of carbonyl (C=O) groups excluding carboxylic acids is 1. The van der Waals surface area contributed by atoms with Crippen LogP contribution in [0.1, 0.15) is 30.0 Å². The molecule has 0 bridgehead atoms. The summed E-state index contributed by atoms with van der Waals surface area (Å²) in [4.78, 5) is 19.7. The third-order valence-corrected chi connectivity index (χ3v) is 4.66. The number of methoxy groups -OCH3 is 1. The molecule has 0 saturated heterocycles. The molecule has 1 aromatic carbocycles. The highest BCUT2D eigenvalue weighted by Gasteiger charge is 2.11. The summed E-state index contributed by atoms with van der Waals surface area (Å²) in [5.41, 5.74) is 2.44. The number of nitrogens with one attached hydrogen (secondary N) is 3. The van der Waals surface area contributed by atoms with Gasteiger partial charge in [0.25, 0.3) is 5.88 Å². The number of aryl methyl sites for hydroxylation is 3. The van der Waals surface area contributed by atoms with Crippen LogP contribution in [0.3, 0.4) is 0 Å². The van der Waals surface area contributed by atoms with Gasteiger partial charge in [0.05, 0.1) is 7.11 Å². The minimum absolute atomic E-state index is 0.190. The van der Waals surface area contributed by atoms with Crippen LogP contribution < -0.4 is 10.1 Å². The molecule has 0 aliphatic rings. The summed E-state index contributed by atoms with van der Waals surface area (Å²) < 4.78 is 10.0. The molecule has 0 spiro atoms. The van der Waals surface area contributed by atoms with Gasteiger partial charge in [0.1, 0.15) is 11.6 Å². The molecule has 3 heterocycles. The SMILES string of the molecule is COc1cc(CCC(=O)Nc2n[nH]c(CCCc3c[nH]c4ccccc34)n2)on1. The minimum Gasteiger partial charge on any atom is -0.479 e. The number of nitrogens with zero attached hydrogens (tertiary/aromatic N) is 3. The maximum absolute atomic E-state index is 12.1. The van der Waals surface area contributed by atoms with Crippen LogP contribution in [0.2, 0.25) is 0 Å². The standard InChI is InChI=1S/C20H22N6O3/c1-28-19-11-14(29-26-19)9-10-18(27)23-20-22-17(24-25-20)8-4-5-13-12-21-16-7-3-2-6-15(13)16/h2-3,6-7,11-12,21H,4-5,8-10H2,1H3,(H2,22,23,24,25,27). The van der Waals surface area contributed by atoms with Crippen molar-refractivity contribution in [2.45, 2.75) is 32.1 Å². The topological polar surface area (TPSA) is 122 Å². The molecule has 4 aromatic rings. The molecule has 0 saturated carbocycles. The Hall–Kier alpha value is -3.62. The quantitative estimate of drug-likeness (QED) is 0.401. The second-order valence-corrected chi connectivity index (χ2v) is 6.70. The molecule has 3 N–H and O–H groups in total. The number of hydrogen-bond acceptors (Lipinski definition) is 6. The monoisotopic (exact) mass is 394 g/mol. The summed E-state index contributed by atoms with van der Waals surface area (Å²) in [6.45, 7) is 0. The largest absolute Gasteiger partial charge is 0.479 e. The van der Waals surface area contributed by atoms with Crippen molar-refractivity contribution in [2.24, 2.45) is 0 Å². The lowest BCUT2D eigenvalue weighted by Gasteiger charge is -1.99. The van der Waals surface area contributed by atoms with Crippen LogP contribution in [0, 0.1) is 0 Å². The molecule has 9 heteroatoms. The van der Waals surface area contributed by atoms with Gasteiger partial charge >= 0.3 is 0 Å². The molecule has 0 radical (unpaired) electrons. The van der Waals surface area contributed by atoms with Crippen LogP contribution in [0.4, 0.5) is 5.95 Å². The number of carbonyl (C=O) groups is 1. The van der Waals surface area contributed by atoms with Crippen LogP contribution in [0.15, 0.2) is 41.1 Å². The number of fused-ring (bicyclic) bond motifs is 1. The van der Waals surface area contributed by atoms with Gasteiger partial charge in [-0.3, -0.25) is 15.2 Å². The Morgan fingerprint density at radius 2 is 2.14 bits per heavy atom. The van der Waals surface area contributed by atoms with Crippen molar-refractivity contribution >= 4 is 22.8 Å². The van der Waals surface area contributed by atoms with Gasteiger partial charge in [-0.05, 0) is 29.6 Å². The molecular weight excluding hydrogens is 372 g/mol. The van der Waals surface area contributed by atoms with Gasteiger partial charge in [0.15, 0.2) is 0 Å². The van der Waals surface area contributed by atoms with Gasteiger partial charge < -0.3 is 14.2 Å². The van der Waals surface area contributed by atoms with Crippen molar-refractivity contribution < 1.29 is 14.1 Å². The fourth-order valence-corrected chi connectivity index (χ4v) is 3.18. The molecular formula is C20H22N6O3. The fourth-order valence-electron chi connectivity index (χ4n) is 3.18. The second kappa shape index (κ2) is 8.59. The number of aromatic amines is 2. The average molecular weight is 394 g/mol. The maximum atomic E-state index is 12.1. The van der Waals surface area contributed by atoms with E-state index in [-0.39, 0.29) is 18.3 Å². The van der Waals surface area contributed by atoms with E-state index in [4.69, 9.17) is 9.26 Å². The number of H-pyrrole nitrogens is 2. The summed E-state index contributed by atoms with van der Waals surface area (Å²) in [5, 5.41) is 14.6. The van der Waals surface area contributed by atoms with E-state index in [1.165, 1.54) is 18.1 Å². The Morgan fingerprint density at radius 1 is 1.24 bits per heavy atom. The zero-order chi connectivity index (χ0) is 20.1. The zero-order valence-electron chi connectivity index (χ0n) is 16.1. The van der Waals surface area contributed by atoms with Crippen molar-refractivity contribution in [1.29, 1.82) is 0 Å². The fraction of sp³-hybridized carbons (Fsp3) is 0.300. The van der Waals surface area contributed by atoms with Gasteiger partial charge in [-0.25, -0.2) is 0 Å². The Morgan fingerprint density at radius 3 is 3.00 bits per heavy atom. The Kier molecular flexibility index (Phi) is 5.55. The van der Waals surface area contributed by atoms with Crippen LogP contribution in [0.25, 0.3) is 10.9 Å². The highest BCUT2D eigenvalue weighted by molar-refractivity contribution is 5.89. The predicted molar refractivity (Wildman–Crippen MR) is 107 cm³/mol. The molecule has 0 aliphatic carbocycles. The molecule has 0 atom stereocenters. The lowest BCUT2D eigenvalue weighted by atomic mass is 10.1. The van der Waals surface area contributed by atoms with Crippen LogP contribution in [-0.2, 0) is 24.1 Å². The third kappa shape index (κ3) is 4.63. The highest BCUT2D eigenvalue weighted by atomic mass is 16.5. The molecule has 0 aliphatic heterocycles. The lowest BCUT2D eigenvalue weighted by molar-refractivity contribution is -0.116. The molecule has 9 nitrogen and oxygen atoms in total. The van der Waals surface area contributed by atoms with E-state index in [0.717, 1.165) is 30.6 Å². The van der Waals surface area contributed by atoms with Crippen molar-refractivity contribution in [2.75, 3.05) is 12.4 Å². The minimum atomic E-state index is -0.190. The first kappa shape index (κ1) is 18.7. The van der Waals surface area contributed by atoms with Crippen LogP contribution in [-0.4, -0.2) is 38.3 Å². The van der Waals surface area contributed by atoms with E-state index >= 15 is 0 Å². The van der Waals surface area contributed by atoms with E-state index in [2.05, 4.69) is 49.0 Å². The molecule has 4 rings (SSSR count). The summed E-state index contributed by atoms with van der Waals surface area (Å²) in [6, 6.07) is 9.92. The normalized spacial score (nSPS) is 11.1. The van der Waals surface area contributed by atoms with Crippen molar-refractivity contribution in [3.05, 3.63) is 53.7 Å². The van der Waals surface area contributed by atoms with E-state index in [1.54, 1.807) is 6.07 Å². The summed E-state index contributed by atoms with van der Waals surface area (Å²) >= 11 is 0. The van der Waals surface area contributed by atoms with Crippen molar-refractivity contribution in [1.82, 2.24) is 25.3 Å². The van der Waals surface area contributed by atoms with Gasteiger partial charge in [-0.15, -0.1) is 5.10 Å². The summed E-state index contributed by atoms with van der Waals surface area (Å²) in [6.07, 6.45) is 5.33. The molecule has 1 amide bonds. The van der Waals surface area contributed by atoms with E-state index in [0.29, 0.717) is 18.1 Å². The number of benzene rings is 1. The van der Waals surface area contributed by atoms with Gasteiger partial charge in [-0.2, -0.15) is 4.98 Å². The number of hydrogen-bond donors (Lipinski definition) is 3. The number of anilines is 1. The van der Waals surface area contributed by atoms with Crippen molar-refractivity contribution in [3.63, 3.8) is 0 Å². The molecule has 150 valence electrons. The molecule has 0 fully saturated rings. The summed E-state index contributed by atoms with van der Waals surface area (Å²) in [5.74, 6) is 1.83. The zero-order valence-corrected chi connectivity index (χ0v) is 16.1. The third-order valence-electron chi connectivity index (χ3n) is 4.66. The van der Waals surface area contributed by atoms with Crippen molar-refractivity contribution in [3.8, 4) is 5.88 Å². The number of rotatable bonds is 9. The second-order valence-electron chi connectivity index (χ2n) is 6.70. The van der Waals surface area contributed by atoms with Gasteiger partial charge in [0.2, 0.25) is 11.9 Å². The number of amides is 1. The maximum Gasteiger partial charge on any atom is 0.254 e. The average Bonchev–Trinajstić information content (AvgIpc) is 3.47. The van der Waals surface area contributed by atoms with Crippen LogP contribution >= 0.6 is 0 Å². The Labute approximate surface area is 166 Å². The number of para-hydroxylation sites is 1. The first-order valence-corrected chi connectivity index (χ1v) is 9.47. The van der Waals surface area contributed by atoms with Crippen LogP contribution in [0.5, 0.6) is 5.88 Å².